The molecule has 1 rings (SSSR count). The Kier molecular flexibility index (Phi) is 6.01. The number of benzene rings is 1. The lowest BCUT2D eigenvalue weighted by Gasteiger charge is -2.20. The van der Waals surface area contributed by atoms with Crippen LogP contribution in [0.15, 0.2) is 18.2 Å². The third kappa shape index (κ3) is 4.36. The lowest BCUT2D eigenvalue weighted by Crippen LogP contribution is -2.22. The molecular formula is C14H24N2O. The van der Waals surface area contributed by atoms with Gasteiger partial charge in [-0.2, -0.15) is 0 Å². The molecule has 1 aromatic carbocycles. The van der Waals surface area contributed by atoms with E-state index in [-0.39, 0.29) is 0 Å². The fraction of sp³-hybridized carbons (Fsp3) is 0.571. The van der Waals surface area contributed by atoms with E-state index in [9.17, 15) is 0 Å². The second-order valence-electron chi connectivity index (χ2n) is 4.31. The summed E-state index contributed by atoms with van der Waals surface area (Å²) in [6.45, 7) is 7.93. The van der Waals surface area contributed by atoms with Crippen LogP contribution in [0.2, 0.25) is 0 Å². The van der Waals surface area contributed by atoms with Gasteiger partial charge in [-0.1, -0.05) is 13.0 Å². The van der Waals surface area contributed by atoms with Crippen LogP contribution in [0.25, 0.3) is 0 Å². The maximum absolute atomic E-state index is 5.09. The van der Waals surface area contributed by atoms with Crippen molar-refractivity contribution in [2.24, 2.45) is 0 Å². The molecule has 0 unspecified atom stereocenters. The number of hydrogen-bond donors (Lipinski definition) is 1. The van der Waals surface area contributed by atoms with Crippen LogP contribution in [-0.4, -0.2) is 33.9 Å². The van der Waals surface area contributed by atoms with Gasteiger partial charge in [0, 0.05) is 32.9 Å². The Hall–Kier alpha value is -1.06. The molecule has 3 nitrogen and oxygen atoms in total. The van der Waals surface area contributed by atoms with E-state index in [1.165, 1.54) is 16.8 Å². The Morgan fingerprint density at radius 3 is 2.71 bits per heavy atom. The topological polar surface area (TPSA) is 24.5 Å². The van der Waals surface area contributed by atoms with Crippen LogP contribution in [0.4, 0.5) is 5.69 Å². The standard InChI is InChI=1S/C14H24N2O/c1-5-15-11-13-6-7-14(10-12(13)2)16(3)8-9-17-4/h6-7,10,15H,5,8-9,11H2,1-4H3. The molecule has 0 aliphatic carbocycles. The van der Waals surface area contributed by atoms with Crippen LogP contribution in [0, 0.1) is 6.92 Å². The van der Waals surface area contributed by atoms with Crippen molar-refractivity contribution >= 4 is 5.69 Å². The molecule has 17 heavy (non-hydrogen) atoms. The molecule has 0 spiro atoms. The number of nitrogens with one attached hydrogen (secondary N) is 1. The van der Waals surface area contributed by atoms with Crippen molar-refractivity contribution in [3.63, 3.8) is 0 Å². The summed E-state index contributed by atoms with van der Waals surface area (Å²) >= 11 is 0. The Labute approximate surface area is 105 Å². The number of aryl methyl sites for hydroxylation is 1. The summed E-state index contributed by atoms with van der Waals surface area (Å²) in [5.74, 6) is 0. The van der Waals surface area contributed by atoms with E-state index in [1.54, 1.807) is 7.11 Å². The Morgan fingerprint density at radius 2 is 2.12 bits per heavy atom. The predicted molar refractivity (Wildman–Crippen MR) is 73.7 cm³/mol. The molecule has 0 aliphatic rings. The van der Waals surface area contributed by atoms with Crippen molar-refractivity contribution in [2.75, 3.05) is 38.8 Å². The normalized spacial score (nSPS) is 10.6. The van der Waals surface area contributed by atoms with Gasteiger partial charge < -0.3 is 15.0 Å². The average molecular weight is 236 g/mol. The molecule has 0 aliphatic heterocycles. The highest BCUT2D eigenvalue weighted by atomic mass is 16.5. The zero-order valence-electron chi connectivity index (χ0n) is 11.4. The molecule has 0 fully saturated rings. The maximum atomic E-state index is 5.09. The first-order valence-electron chi connectivity index (χ1n) is 6.19. The van der Waals surface area contributed by atoms with Crippen LogP contribution >= 0.6 is 0 Å². The second kappa shape index (κ2) is 7.30. The minimum Gasteiger partial charge on any atom is -0.383 e. The zero-order valence-corrected chi connectivity index (χ0v) is 11.4. The summed E-state index contributed by atoms with van der Waals surface area (Å²) in [4.78, 5) is 2.22. The molecular weight excluding hydrogens is 212 g/mol. The highest BCUT2D eigenvalue weighted by Gasteiger charge is 2.03. The maximum Gasteiger partial charge on any atom is 0.0637 e. The van der Waals surface area contributed by atoms with Crippen molar-refractivity contribution in [3.8, 4) is 0 Å². The molecule has 0 amide bonds. The first-order chi connectivity index (χ1) is 8.19. The molecule has 0 radical (unpaired) electrons. The number of methoxy groups -OCH3 is 1. The SMILES string of the molecule is CCNCc1ccc(N(C)CCOC)cc1C. The van der Waals surface area contributed by atoms with Crippen molar-refractivity contribution in [2.45, 2.75) is 20.4 Å². The Morgan fingerprint density at radius 1 is 1.35 bits per heavy atom. The molecule has 96 valence electrons. The van der Waals surface area contributed by atoms with E-state index >= 15 is 0 Å². The van der Waals surface area contributed by atoms with E-state index in [0.717, 1.165) is 26.2 Å². The van der Waals surface area contributed by atoms with Crippen LogP contribution in [0.1, 0.15) is 18.1 Å². The van der Waals surface area contributed by atoms with Gasteiger partial charge >= 0.3 is 0 Å². The van der Waals surface area contributed by atoms with Crippen molar-refractivity contribution < 1.29 is 4.74 Å². The summed E-state index contributed by atoms with van der Waals surface area (Å²) in [5, 5.41) is 3.35. The lowest BCUT2D eigenvalue weighted by atomic mass is 10.1. The summed E-state index contributed by atoms with van der Waals surface area (Å²) in [6.07, 6.45) is 0. The van der Waals surface area contributed by atoms with Crippen molar-refractivity contribution in [1.82, 2.24) is 5.32 Å². The fourth-order valence-corrected chi connectivity index (χ4v) is 1.73. The summed E-state index contributed by atoms with van der Waals surface area (Å²) in [6, 6.07) is 6.62. The number of hydrogen-bond acceptors (Lipinski definition) is 3. The molecule has 3 heteroatoms. The second-order valence-corrected chi connectivity index (χ2v) is 4.31. The van der Waals surface area contributed by atoms with E-state index < -0.39 is 0 Å². The monoisotopic (exact) mass is 236 g/mol. The first kappa shape index (κ1) is 14.0. The van der Waals surface area contributed by atoms with Gasteiger partial charge in [-0.15, -0.1) is 0 Å². The van der Waals surface area contributed by atoms with E-state index in [4.69, 9.17) is 4.74 Å². The Bertz CT molecular complexity index is 339. The van der Waals surface area contributed by atoms with Crippen molar-refractivity contribution in [3.05, 3.63) is 29.3 Å². The molecule has 0 saturated heterocycles. The summed E-state index contributed by atoms with van der Waals surface area (Å²) in [7, 11) is 3.83. The average Bonchev–Trinajstić information content (AvgIpc) is 2.34. The molecule has 1 N–H and O–H groups in total. The van der Waals surface area contributed by atoms with Gasteiger partial charge in [-0.25, -0.2) is 0 Å². The number of likely N-dealkylation sites (N-methyl/N-ethyl adjacent to an activating group) is 1. The van der Waals surface area contributed by atoms with Crippen LogP contribution in [0.3, 0.4) is 0 Å². The van der Waals surface area contributed by atoms with Gasteiger partial charge in [0.25, 0.3) is 0 Å². The predicted octanol–water partition coefficient (Wildman–Crippen LogP) is 2.19. The molecule has 0 aromatic heterocycles. The summed E-state index contributed by atoms with van der Waals surface area (Å²) in [5.41, 5.74) is 3.96. The van der Waals surface area contributed by atoms with Gasteiger partial charge in [-0.05, 0) is 36.7 Å². The lowest BCUT2D eigenvalue weighted by molar-refractivity contribution is 0.206. The zero-order chi connectivity index (χ0) is 12.7. The molecule has 0 bridgehead atoms. The minimum absolute atomic E-state index is 0.759. The van der Waals surface area contributed by atoms with Gasteiger partial charge in [0.1, 0.15) is 0 Å². The highest BCUT2D eigenvalue weighted by Crippen LogP contribution is 2.18. The quantitative estimate of drug-likeness (QED) is 0.785. The van der Waals surface area contributed by atoms with Crippen LogP contribution < -0.4 is 10.2 Å². The van der Waals surface area contributed by atoms with E-state index in [1.807, 2.05) is 0 Å². The third-order valence-corrected chi connectivity index (χ3v) is 2.96. The first-order valence-corrected chi connectivity index (χ1v) is 6.19. The van der Waals surface area contributed by atoms with Crippen molar-refractivity contribution in [1.29, 1.82) is 0 Å². The highest BCUT2D eigenvalue weighted by molar-refractivity contribution is 5.50. The van der Waals surface area contributed by atoms with Gasteiger partial charge in [0.15, 0.2) is 0 Å². The molecule has 0 saturated carbocycles. The van der Waals surface area contributed by atoms with E-state index in [0.29, 0.717) is 0 Å². The minimum atomic E-state index is 0.759. The molecule has 0 atom stereocenters. The number of anilines is 1. The third-order valence-electron chi connectivity index (χ3n) is 2.96. The van der Waals surface area contributed by atoms with E-state index in [2.05, 4.69) is 49.3 Å². The molecule has 1 aromatic rings. The Balaban J connectivity index is 2.67. The van der Waals surface area contributed by atoms with Crippen LogP contribution in [0.5, 0.6) is 0 Å². The van der Waals surface area contributed by atoms with Gasteiger partial charge in [0.05, 0.1) is 6.61 Å². The smallest absolute Gasteiger partial charge is 0.0637 e. The molecule has 0 heterocycles. The largest absolute Gasteiger partial charge is 0.383 e. The number of nitrogens with zero attached hydrogens (tertiary/aromatic N) is 1. The summed E-state index contributed by atoms with van der Waals surface area (Å²) < 4.78 is 5.09. The fourth-order valence-electron chi connectivity index (χ4n) is 1.73. The van der Waals surface area contributed by atoms with Crippen LogP contribution in [-0.2, 0) is 11.3 Å². The van der Waals surface area contributed by atoms with Gasteiger partial charge in [-0.3, -0.25) is 0 Å². The number of ether oxygens (including phenoxy) is 1. The van der Waals surface area contributed by atoms with Gasteiger partial charge in [0.2, 0.25) is 0 Å². The number of rotatable bonds is 7.